The highest BCUT2D eigenvalue weighted by Crippen LogP contribution is 2.55. The summed E-state index contributed by atoms with van der Waals surface area (Å²) in [7, 11) is 0. The number of nitrogens with zero attached hydrogens (tertiary/aromatic N) is 1. The van der Waals surface area contributed by atoms with Crippen molar-refractivity contribution in [2.75, 3.05) is 6.54 Å². The molecule has 1 heterocycles. The van der Waals surface area contributed by atoms with Crippen molar-refractivity contribution in [3.8, 4) is 0 Å². The predicted octanol–water partition coefficient (Wildman–Crippen LogP) is 1.62. The molecule has 1 aliphatic heterocycles. The smallest absolute Gasteiger partial charge is 0.410 e. The SMILES string of the molecule is CC(C)(C)OC(=O)N1CC2CC3CC2C1C3O. The second-order valence-electron chi connectivity index (χ2n) is 6.77. The van der Waals surface area contributed by atoms with Crippen molar-refractivity contribution in [1.29, 1.82) is 0 Å². The van der Waals surface area contributed by atoms with Gasteiger partial charge in [-0.3, -0.25) is 0 Å². The molecule has 0 spiro atoms. The first-order valence-electron chi connectivity index (χ1n) is 6.54. The van der Waals surface area contributed by atoms with E-state index in [-0.39, 0.29) is 18.2 Å². The molecule has 1 amide bonds. The van der Waals surface area contributed by atoms with Gasteiger partial charge in [-0.1, -0.05) is 0 Å². The maximum absolute atomic E-state index is 12.1. The average molecular weight is 239 g/mol. The zero-order valence-electron chi connectivity index (χ0n) is 10.7. The number of rotatable bonds is 0. The minimum atomic E-state index is -0.457. The Kier molecular flexibility index (Phi) is 2.25. The van der Waals surface area contributed by atoms with E-state index in [9.17, 15) is 9.90 Å². The number of ether oxygens (including phenoxy) is 1. The van der Waals surface area contributed by atoms with Crippen LogP contribution in [0.3, 0.4) is 0 Å². The van der Waals surface area contributed by atoms with Gasteiger partial charge in [0.2, 0.25) is 0 Å². The first kappa shape index (κ1) is 11.3. The number of amides is 1. The summed E-state index contributed by atoms with van der Waals surface area (Å²) in [4.78, 5) is 13.9. The molecule has 5 unspecified atom stereocenters. The van der Waals surface area contributed by atoms with Crippen LogP contribution in [0, 0.1) is 17.8 Å². The molecular formula is C13H21NO3. The molecular weight excluding hydrogens is 218 g/mol. The fourth-order valence-electron chi connectivity index (χ4n) is 3.95. The fourth-order valence-corrected chi connectivity index (χ4v) is 3.95. The largest absolute Gasteiger partial charge is 0.444 e. The van der Waals surface area contributed by atoms with E-state index in [0.717, 1.165) is 19.4 Å². The molecule has 0 radical (unpaired) electrons. The van der Waals surface area contributed by atoms with Gasteiger partial charge in [-0.15, -0.1) is 0 Å². The van der Waals surface area contributed by atoms with Crippen LogP contribution in [0.25, 0.3) is 0 Å². The maximum Gasteiger partial charge on any atom is 0.410 e. The Morgan fingerprint density at radius 1 is 1.29 bits per heavy atom. The third kappa shape index (κ3) is 1.65. The number of likely N-dealkylation sites (tertiary alicyclic amines) is 1. The molecule has 0 aromatic carbocycles. The molecule has 3 fully saturated rings. The highest BCUT2D eigenvalue weighted by Gasteiger charge is 2.60. The lowest BCUT2D eigenvalue weighted by Crippen LogP contribution is -2.45. The van der Waals surface area contributed by atoms with E-state index >= 15 is 0 Å². The van der Waals surface area contributed by atoms with E-state index in [1.54, 1.807) is 4.90 Å². The van der Waals surface area contributed by atoms with Gasteiger partial charge < -0.3 is 14.7 Å². The van der Waals surface area contributed by atoms with Gasteiger partial charge in [0, 0.05) is 6.54 Å². The van der Waals surface area contributed by atoms with Gasteiger partial charge >= 0.3 is 6.09 Å². The molecule has 0 aromatic rings. The summed E-state index contributed by atoms with van der Waals surface area (Å²) in [6.45, 7) is 6.41. The monoisotopic (exact) mass is 239 g/mol. The normalized spacial score (nSPS) is 43.3. The summed E-state index contributed by atoms with van der Waals surface area (Å²) in [5.41, 5.74) is -0.457. The van der Waals surface area contributed by atoms with Gasteiger partial charge in [0.25, 0.3) is 0 Å². The third-order valence-corrected chi connectivity index (χ3v) is 4.48. The quantitative estimate of drug-likeness (QED) is 0.699. The highest BCUT2D eigenvalue weighted by atomic mass is 16.6. The van der Waals surface area contributed by atoms with Crippen LogP contribution < -0.4 is 0 Å². The number of aliphatic hydroxyl groups excluding tert-OH is 1. The topological polar surface area (TPSA) is 49.8 Å². The van der Waals surface area contributed by atoms with Crippen molar-refractivity contribution in [2.45, 2.75) is 51.4 Å². The van der Waals surface area contributed by atoms with Gasteiger partial charge in [0.15, 0.2) is 0 Å². The van der Waals surface area contributed by atoms with Gasteiger partial charge in [-0.05, 0) is 51.4 Å². The Morgan fingerprint density at radius 2 is 2.00 bits per heavy atom. The fraction of sp³-hybridized carbons (Fsp3) is 0.923. The highest BCUT2D eigenvalue weighted by molar-refractivity contribution is 5.69. The Labute approximate surface area is 102 Å². The molecule has 3 aliphatic rings. The minimum Gasteiger partial charge on any atom is -0.444 e. The molecule has 1 N–H and O–H groups in total. The van der Waals surface area contributed by atoms with Crippen molar-refractivity contribution in [3.05, 3.63) is 0 Å². The summed E-state index contributed by atoms with van der Waals surface area (Å²) in [5.74, 6) is 1.53. The molecule has 96 valence electrons. The molecule has 0 aromatic heterocycles. The zero-order valence-corrected chi connectivity index (χ0v) is 10.7. The van der Waals surface area contributed by atoms with Crippen LogP contribution in [-0.4, -0.2) is 40.4 Å². The molecule has 2 saturated carbocycles. The van der Waals surface area contributed by atoms with Crippen LogP contribution in [0.1, 0.15) is 33.6 Å². The van der Waals surface area contributed by atoms with E-state index in [1.807, 2.05) is 20.8 Å². The number of hydrogen-bond donors (Lipinski definition) is 1. The zero-order chi connectivity index (χ0) is 12.4. The molecule has 17 heavy (non-hydrogen) atoms. The Bertz CT molecular complexity index is 347. The van der Waals surface area contributed by atoms with E-state index in [0.29, 0.717) is 17.8 Å². The van der Waals surface area contributed by atoms with Gasteiger partial charge in [0.05, 0.1) is 12.1 Å². The lowest BCUT2D eigenvalue weighted by molar-refractivity contribution is 0.00251. The second kappa shape index (κ2) is 3.37. The van der Waals surface area contributed by atoms with Crippen molar-refractivity contribution in [3.63, 3.8) is 0 Å². The Morgan fingerprint density at radius 3 is 2.59 bits per heavy atom. The summed E-state index contributed by atoms with van der Waals surface area (Å²) >= 11 is 0. The van der Waals surface area contributed by atoms with E-state index in [4.69, 9.17) is 4.74 Å². The van der Waals surface area contributed by atoms with Crippen molar-refractivity contribution in [1.82, 2.24) is 4.90 Å². The van der Waals surface area contributed by atoms with Crippen LogP contribution in [0.15, 0.2) is 0 Å². The Hall–Kier alpha value is -0.770. The van der Waals surface area contributed by atoms with Crippen LogP contribution >= 0.6 is 0 Å². The summed E-state index contributed by atoms with van der Waals surface area (Å²) in [6.07, 6.45) is 1.60. The molecule has 3 rings (SSSR count). The first-order valence-corrected chi connectivity index (χ1v) is 6.54. The van der Waals surface area contributed by atoms with Crippen LogP contribution in [-0.2, 0) is 4.74 Å². The number of aliphatic hydroxyl groups is 1. The number of carbonyl (C=O) groups is 1. The standard InChI is InChI=1S/C13H21NO3/c1-13(2,3)17-12(16)14-6-8-4-7-5-9(8)10(14)11(7)15/h7-11,15H,4-6H2,1-3H3. The number of fused-ring (bicyclic) bond motifs is 1. The van der Waals surface area contributed by atoms with Crippen LogP contribution in [0.4, 0.5) is 4.79 Å². The molecule has 1 saturated heterocycles. The Balaban J connectivity index is 1.76. The maximum atomic E-state index is 12.1. The predicted molar refractivity (Wildman–Crippen MR) is 62.4 cm³/mol. The minimum absolute atomic E-state index is 0.0219. The van der Waals surface area contributed by atoms with Crippen molar-refractivity contribution < 1.29 is 14.6 Å². The van der Waals surface area contributed by atoms with E-state index in [2.05, 4.69) is 0 Å². The van der Waals surface area contributed by atoms with Gasteiger partial charge in [0.1, 0.15) is 5.60 Å². The van der Waals surface area contributed by atoms with Gasteiger partial charge in [-0.25, -0.2) is 4.79 Å². The number of hydrogen-bond acceptors (Lipinski definition) is 3. The van der Waals surface area contributed by atoms with Crippen molar-refractivity contribution >= 4 is 6.09 Å². The van der Waals surface area contributed by atoms with Crippen LogP contribution in [0.5, 0.6) is 0 Å². The molecule has 5 atom stereocenters. The molecule has 4 heteroatoms. The molecule has 2 aliphatic carbocycles. The van der Waals surface area contributed by atoms with E-state index in [1.165, 1.54) is 0 Å². The van der Waals surface area contributed by atoms with E-state index < -0.39 is 5.60 Å². The lowest BCUT2D eigenvalue weighted by Gasteiger charge is -2.30. The average Bonchev–Trinajstić information content (AvgIpc) is 2.73. The second-order valence-corrected chi connectivity index (χ2v) is 6.77. The summed E-state index contributed by atoms with van der Waals surface area (Å²) < 4.78 is 5.42. The van der Waals surface area contributed by atoms with Crippen molar-refractivity contribution in [2.24, 2.45) is 17.8 Å². The molecule has 4 nitrogen and oxygen atoms in total. The first-order chi connectivity index (χ1) is 7.87. The lowest BCUT2D eigenvalue weighted by atomic mass is 9.88. The summed E-state index contributed by atoms with van der Waals surface area (Å²) in [5, 5.41) is 10.2. The third-order valence-electron chi connectivity index (χ3n) is 4.48. The summed E-state index contributed by atoms with van der Waals surface area (Å²) in [6, 6.07) is 0.0219. The number of carbonyl (C=O) groups excluding carboxylic acids is 1. The molecule has 2 bridgehead atoms. The van der Waals surface area contributed by atoms with Crippen LogP contribution in [0.2, 0.25) is 0 Å². The van der Waals surface area contributed by atoms with Gasteiger partial charge in [-0.2, -0.15) is 0 Å².